The highest BCUT2D eigenvalue weighted by atomic mass is 16.7. The molecule has 0 heterocycles. The third-order valence-electron chi connectivity index (χ3n) is 5.23. The van der Waals surface area contributed by atoms with Gasteiger partial charge in [0.25, 0.3) is 0 Å². The second-order valence-corrected chi connectivity index (χ2v) is 10.3. The average molecular weight is 467 g/mol. The third-order valence-corrected chi connectivity index (χ3v) is 5.23. The van der Waals surface area contributed by atoms with E-state index in [2.05, 4.69) is 20.8 Å². The van der Waals surface area contributed by atoms with E-state index < -0.39 is 12.3 Å². The monoisotopic (exact) mass is 466 g/mol. The van der Waals surface area contributed by atoms with Crippen LogP contribution < -0.4 is 9.47 Å². The van der Waals surface area contributed by atoms with E-state index in [0.717, 1.165) is 5.56 Å². The Morgan fingerprint density at radius 2 is 1.15 bits per heavy atom. The molecule has 3 rings (SSSR count). The summed E-state index contributed by atoms with van der Waals surface area (Å²) in [6.07, 6.45) is -1.55. The zero-order chi connectivity index (χ0) is 25.0. The molecular formula is C28H34O6. The van der Waals surface area contributed by atoms with E-state index in [9.17, 15) is 9.59 Å². The number of ether oxygens (including phenoxy) is 4. The quantitative estimate of drug-likeness (QED) is 0.211. The van der Waals surface area contributed by atoms with Gasteiger partial charge in [0.05, 0.1) is 13.2 Å². The molecule has 0 aliphatic heterocycles. The summed E-state index contributed by atoms with van der Waals surface area (Å²) in [7, 11) is 0. The van der Waals surface area contributed by atoms with Crippen LogP contribution in [0.1, 0.15) is 54.0 Å². The van der Waals surface area contributed by atoms with Crippen molar-refractivity contribution >= 4 is 33.9 Å². The fourth-order valence-corrected chi connectivity index (χ4v) is 3.48. The number of fused-ring (bicyclic) bond motifs is 2. The van der Waals surface area contributed by atoms with Crippen LogP contribution in [0.3, 0.4) is 0 Å². The van der Waals surface area contributed by atoms with Crippen molar-refractivity contribution in [3.63, 3.8) is 0 Å². The zero-order valence-corrected chi connectivity index (χ0v) is 21.1. The van der Waals surface area contributed by atoms with Gasteiger partial charge in [0.1, 0.15) is 11.5 Å². The number of hydrogen-bond acceptors (Lipinski definition) is 6. The van der Waals surface area contributed by atoms with Gasteiger partial charge >= 0.3 is 12.3 Å². The van der Waals surface area contributed by atoms with Gasteiger partial charge in [-0.1, -0.05) is 84.9 Å². The molecule has 0 saturated heterocycles. The smallest absolute Gasteiger partial charge is 0.434 e. The molecule has 6 heteroatoms. The molecule has 0 unspecified atom stereocenters. The van der Waals surface area contributed by atoms with Gasteiger partial charge in [-0.3, -0.25) is 0 Å². The third kappa shape index (κ3) is 5.99. The molecule has 0 amide bonds. The molecule has 0 aliphatic rings. The first-order chi connectivity index (χ1) is 16.0. The first-order valence-electron chi connectivity index (χ1n) is 11.7. The molecule has 182 valence electrons. The number of carbonyl (C=O) groups is 2. The predicted octanol–water partition coefficient (Wildman–Crippen LogP) is 7.63. The highest BCUT2D eigenvalue weighted by Crippen LogP contribution is 2.44. The fourth-order valence-electron chi connectivity index (χ4n) is 3.48. The molecule has 0 bridgehead atoms. The van der Waals surface area contributed by atoms with Gasteiger partial charge in [-0.15, -0.1) is 0 Å². The molecular weight excluding hydrogens is 432 g/mol. The Balaban J connectivity index is 2.20. The summed E-state index contributed by atoms with van der Waals surface area (Å²) in [5.41, 5.74) is 0.899. The van der Waals surface area contributed by atoms with Crippen molar-refractivity contribution in [1.29, 1.82) is 0 Å². The molecule has 0 N–H and O–H groups in total. The summed E-state index contributed by atoms with van der Waals surface area (Å²) in [6, 6.07) is 13.2. The summed E-state index contributed by atoms with van der Waals surface area (Å²) in [6.45, 7) is 14.6. The fraction of sp³-hybridized carbons (Fsp3) is 0.429. The van der Waals surface area contributed by atoms with Crippen molar-refractivity contribution < 1.29 is 28.5 Å². The van der Waals surface area contributed by atoms with Crippen LogP contribution in [0.25, 0.3) is 21.5 Å². The normalized spacial score (nSPS) is 11.8. The average Bonchev–Trinajstić information content (AvgIpc) is 2.77. The maximum Gasteiger partial charge on any atom is 0.513 e. The Kier molecular flexibility index (Phi) is 7.70. The molecule has 3 aromatic carbocycles. The Labute approximate surface area is 201 Å². The Bertz CT molecular complexity index is 1190. The minimum Gasteiger partial charge on any atom is -0.434 e. The van der Waals surface area contributed by atoms with Crippen molar-refractivity contribution in [2.24, 2.45) is 11.8 Å². The van der Waals surface area contributed by atoms with E-state index in [1.54, 1.807) is 0 Å². The van der Waals surface area contributed by atoms with Crippen LogP contribution in [0.4, 0.5) is 9.59 Å². The van der Waals surface area contributed by atoms with Gasteiger partial charge in [0.2, 0.25) is 0 Å². The summed E-state index contributed by atoms with van der Waals surface area (Å²) in [5.74, 6) is 1.10. The second kappa shape index (κ2) is 10.3. The molecule has 0 saturated carbocycles. The number of benzene rings is 3. The maximum absolute atomic E-state index is 12.5. The molecule has 0 aromatic heterocycles. The van der Waals surface area contributed by atoms with Crippen LogP contribution in [0, 0.1) is 11.8 Å². The lowest BCUT2D eigenvalue weighted by molar-refractivity contribution is 0.0879. The first kappa shape index (κ1) is 25.3. The first-order valence-corrected chi connectivity index (χ1v) is 11.7. The minimum absolute atomic E-state index is 0.146. The topological polar surface area (TPSA) is 71.1 Å². The molecule has 0 atom stereocenters. The van der Waals surface area contributed by atoms with E-state index in [1.165, 1.54) is 0 Å². The number of hydrogen-bond donors (Lipinski definition) is 0. The predicted molar refractivity (Wildman–Crippen MR) is 134 cm³/mol. The van der Waals surface area contributed by atoms with Gasteiger partial charge in [-0.25, -0.2) is 9.59 Å². The Morgan fingerprint density at radius 1 is 0.706 bits per heavy atom. The molecule has 6 nitrogen and oxygen atoms in total. The van der Waals surface area contributed by atoms with E-state index in [4.69, 9.17) is 18.9 Å². The molecule has 0 fully saturated rings. The molecule has 0 spiro atoms. The largest absolute Gasteiger partial charge is 0.513 e. The van der Waals surface area contributed by atoms with Crippen molar-refractivity contribution in [3.8, 4) is 11.5 Å². The lowest BCUT2D eigenvalue weighted by atomic mass is 9.85. The number of rotatable bonds is 6. The highest BCUT2D eigenvalue weighted by Gasteiger charge is 2.23. The maximum atomic E-state index is 12.5. The molecule has 3 aromatic rings. The second-order valence-electron chi connectivity index (χ2n) is 10.3. The zero-order valence-electron chi connectivity index (χ0n) is 21.1. The van der Waals surface area contributed by atoms with Gasteiger partial charge in [-0.05, 0) is 28.9 Å². The molecule has 0 radical (unpaired) electrons. The Morgan fingerprint density at radius 3 is 1.59 bits per heavy atom. The van der Waals surface area contributed by atoms with E-state index in [-0.39, 0.29) is 30.5 Å². The SMILES string of the molecule is CC(C)COC(=O)Oc1c2ccccc2c(OC(=O)OCC(C)C)c2cc(C(C)(C)C)ccc12. The van der Waals surface area contributed by atoms with Crippen molar-refractivity contribution in [1.82, 2.24) is 0 Å². The van der Waals surface area contributed by atoms with Gasteiger partial charge in [0, 0.05) is 21.5 Å². The van der Waals surface area contributed by atoms with Crippen LogP contribution in [0.5, 0.6) is 11.5 Å². The highest BCUT2D eigenvalue weighted by molar-refractivity contribution is 6.12. The summed E-state index contributed by atoms with van der Waals surface area (Å²) >= 11 is 0. The van der Waals surface area contributed by atoms with Crippen LogP contribution in [-0.2, 0) is 14.9 Å². The van der Waals surface area contributed by atoms with E-state index in [0.29, 0.717) is 33.0 Å². The summed E-state index contributed by atoms with van der Waals surface area (Å²) in [5, 5.41) is 2.56. The van der Waals surface area contributed by atoms with E-state index >= 15 is 0 Å². The standard InChI is InChI=1S/C28H34O6/c1-17(2)15-31-26(29)33-24-20-10-8-9-11-21(20)25(34-27(30)32-16-18(3)4)23-14-19(28(5,6)7)12-13-22(23)24/h8-14,17-18H,15-16H2,1-7H3. The minimum atomic E-state index is -0.773. The van der Waals surface area contributed by atoms with Crippen molar-refractivity contribution in [3.05, 3.63) is 48.0 Å². The van der Waals surface area contributed by atoms with Crippen LogP contribution in [0.15, 0.2) is 42.5 Å². The van der Waals surface area contributed by atoms with Crippen LogP contribution in [-0.4, -0.2) is 25.5 Å². The van der Waals surface area contributed by atoms with E-state index in [1.807, 2.05) is 70.2 Å². The van der Waals surface area contributed by atoms with Crippen molar-refractivity contribution in [2.45, 2.75) is 53.9 Å². The van der Waals surface area contributed by atoms with Gasteiger partial charge < -0.3 is 18.9 Å². The lowest BCUT2D eigenvalue weighted by Crippen LogP contribution is -2.16. The lowest BCUT2D eigenvalue weighted by Gasteiger charge is -2.22. The van der Waals surface area contributed by atoms with Crippen LogP contribution in [0.2, 0.25) is 0 Å². The molecule has 34 heavy (non-hydrogen) atoms. The number of carbonyl (C=O) groups excluding carboxylic acids is 2. The Hall–Kier alpha value is -3.28. The van der Waals surface area contributed by atoms with Gasteiger partial charge in [-0.2, -0.15) is 0 Å². The molecule has 0 aliphatic carbocycles. The van der Waals surface area contributed by atoms with Crippen molar-refractivity contribution in [2.75, 3.05) is 13.2 Å². The van der Waals surface area contributed by atoms with Gasteiger partial charge in [0.15, 0.2) is 0 Å². The summed E-state index contributed by atoms with van der Waals surface area (Å²) in [4.78, 5) is 25.0. The van der Waals surface area contributed by atoms with Crippen LogP contribution >= 0.6 is 0 Å². The summed E-state index contributed by atoms with van der Waals surface area (Å²) < 4.78 is 22.0.